The van der Waals surface area contributed by atoms with Gasteiger partial charge in [0.15, 0.2) is 0 Å². The quantitative estimate of drug-likeness (QED) is 0.848. The molecule has 1 N–H and O–H groups in total. The normalized spacial score (nSPS) is 21.5. The fraction of sp³-hybridized carbons (Fsp3) is 0.533. The first-order valence-corrected chi connectivity index (χ1v) is 6.57. The van der Waals surface area contributed by atoms with Gasteiger partial charge in [0.05, 0.1) is 12.7 Å². The van der Waals surface area contributed by atoms with Crippen molar-refractivity contribution >= 4 is 11.7 Å². The minimum Gasteiger partial charge on any atom is -0.465 e. The molecule has 1 atom stereocenters. The van der Waals surface area contributed by atoms with Crippen LogP contribution in [-0.4, -0.2) is 36.9 Å². The Morgan fingerprint density at radius 3 is 2.53 bits per heavy atom. The van der Waals surface area contributed by atoms with E-state index in [1.165, 1.54) is 7.11 Å². The molecule has 2 rings (SSSR count). The van der Waals surface area contributed by atoms with Gasteiger partial charge in [0.25, 0.3) is 0 Å². The molecular formula is C15H21NO3. The summed E-state index contributed by atoms with van der Waals surface area (Å²) in [5, 5.41) is 9.43. The zero-order valence-electron chi connectivity index (χ0n) is 11.7. The zero-order chi connectivity index (χ0) is 14.0. The number of methoxy groups -OCH3 is 1. The van der Waals surface area contributed by atoms with E-state index in [2.05, 4.69) is 18.7 Å². The molecule has 1 aromatic carbocycles. The van der Waals surface area contributed by atoms with Crippen molar-refractivity contribution in [3.63, 3.8) is 0 Å². The Morgan fingerprint density at radius 2 is 2.05 bits per heavy atom. The topological polar surface area (TPSA) is 49.8 Å². The molecule has 0 saturated carbocycles. The maximum absolute atomic E-state index is 11.4. The van der Waals surface area contributed by atoms with Crippen LogP contribution >= 0.6 is 0 Å². The van der Waals surface area contributed by atoms with E-state index in [0.29, 0.717) is 5.56 Å². The van der Waals surface area contributed by atoms with E-state index in [1.807, 2.05) is 12.1 Å². The van der Waals surface area contributed by atoms with Gasteiger partial charge in [0.1, 0.15) is 0 Å². The van der Waals surface area contributed by atoms with Gasteiger partial charge in [-0.15, -0.1) is 0 Å². The molecule has 0 spiro atoms. The van der Waals surface area contributed by atoms with Crippen molar-refractivity contribution in [3.8, 4) is 0 Å². The number of aliphatic hydroxyl groups is 1. The molecule has 1 unspecified atom stereocenters. The van der Waals surface area contributed by atoms with Crippen LogP contribution < -0.4 is 4.90 Å². The van der Waals surface area contributed by atoms with Crippen molar-refractivity contribution < 1.29 is 14.6 Å². The number of anilines is 1. The van der Waals surface area contributed by atoms with Gasteiger partial charge in [0, 0.05) is 30.3 Å². The molecular weight excluding hydrogens is 242 g/mol. The van der Waals surface area contributed by atoms with E-state index in [4.69, 9.17) is 4.74 Å². The summed E-state index contributed by atoms with van der Waals surface area (Å²) in [5.41, 5.74) is 1.57. The van der Waals surface area contributed by atoms with Crippen LogP contribution in [0.15, 0.2) is 24.3 Å². The highest BCUT2D eigenvalue weighted by Gasteiger charge is 2.40. The molecule has 1 heterocycles. The average molecular weight is 263 g/mol. The summed E-state index contributed by atoms with van der Waals surface area (Å²) in [6, 6.07) is 7.44. The smallest absolute Gasteiger partial charge is 0.337 e. The summed E-state index contributed by atoms with van der Waals surface area (Å²) < 4.78 is 4.69. The SMILES string of the molecule is COC(=O)c1ccc(N2CCC(CO)C2(C)C)cc1. The van der Waals surface area contributed by atoms with E-state index < -0.39 is 0 Å². The lowest BCUT2D eigenvalue weighted by Crippen LogP contribution is -2.43. The monoisotopic (exact) mass is 263 g/mol. The fourth-order valence-electron chi connectivity index (χ4n) is 2.82. The van der Waals surface area contributed by atoms with E-state index >= 15 is 0 Å². The van der Waals surface area contributed by atoms with Crippen LogP contribution in [0.1, 0.15) is 30.6 Å². The standard InChI is InChI=1S/C15H21NO3/c1-15(2)12(10-17)8-9-16(15)13-6-4-11(5-7-13)14(18)19-3/h4-7,12,17H,8-10H2,1-3H3. The molecule has 1 fully saturated rings. The largest absolute Gasteiger partial charge is 0.465 e. The first-order chi connectivity index (χ1) is 9.00. The van der Waals surface area contributed by atoms with Crippen LogP contribution in [0.2, 0.25) is 0 Å². The van der Waals surface area contributed by atoms with Crippen molar-refractivity contribution in [2.75, 3.05) is 25.2 Å². The fourth-order valence-corrected chi connectivity index (χ4v) is 2.82. The third-order valence-electron chi connectivity index (χ3n) is 4.22. The van der Waals surface area contributed by atoms with Crippen molar-refractivity contribution in [2.24, 2.45) is 5.92 Å². The predicted octanol–water partition coefficient (Wildman–Crippen LogP) is 2.07. The van der Waals surface area contributed by atoms with Gasteiger partial charge in [-0.2, -0.15) is 0 Å². The zero-order valence-corrected chi connectivity index (χ0v) is 11.7. The first kappa shape index (κ1) is 13.9. The Labute approximate surface area is 114 Å². The Hall–Kier alpha value is -1.55. The number of carbonyl (C=O) groups is 1. The molecule has 0 aliphatic carbocycles. The van der Waals surface area contributed by atoms with Crippen LogP contribution in [0.25, 0.3) is 0 Å². The van der Waals surface area contributed by atoms with Gasteiger partial charge in [-0.3, -0.25) is 0 Å². The highest BCUT2D eigenvalue weighted by Crippen LogP contribution is 2.37. The molecule has 104 valence electrons. The molecule has 4 heteroatoms. The molecule has 0 bridgehead atoms. The maximum Gasteiger partial charge on any atom is 0.337 e. The lowest BCUT2D eigenvalue weighted by molar-refractivity contribution is 0.0601. The molecule has 19 heavy (non-hydrogen) atoms. The van der Waals surface area contributed by atoms with Crippen molar-refractivity contribution in [3.05, 3.63) is 29.8 Å². The summed E-state index contributed by atoms with van der Waals surface area (Å²) in [6.45, 7) is 5.43. The van der Waals surface area contributed by atoms with E-state index in [0.717, 1.165) is 18.7 Å². The Balaban J connectivity index is 2.21. The van der Waals surface area contributed by atoms with Crippen LogP contribution in [0.3, 0.4) is 0 Å². The number of benzene rings is 1. The molecule has 4 nitrogen and oxygen atoms in total. The second-order valence-electron chi connectivity index (χ2n) is 5.51. The van der Waals surface area contributed by atoms with Crippen LogP contribution in [0.4, 0.5) is 5.69 Å². The van der Waals surface area contributed by atoms with Gasteiger partial charge < -0.3 is 14.7 Å². The van der Waals surface area contributed by atoms with Crippen molar-refractivity contribution in [1.29, 1.82) is 0 Å². The minimum atomic E-state index is -0.319. The molecule has 1 saturated heterocycles. The lowest BCUT2D eigenvalue weighted by Gasteiger charge is -2.37. The molecule has 0 radical (unpaired) electrons. The van der Waals surface area contributed by atoms with E-state index in [-0.39, 0.29) is 24.0 Å². The number of ether oxygens (including phenoxy) is 1. The molecule has 0 amide bonds. The van der Waals surface area contributed by atoms with Gasteiger partial charge in [-0.25, -0.2) is 4.79 Å². The highest BCUT2D eigenvalue weighted by molar-refractivity contribution is 5.89. The molecule has 1 aromatic rings. The van der Waals surface area contributed by atoms with E-state index in [9.17, 15) is 9.90 Å². The molecule has 0 aromatic heterocycles. The van der Waals surface area contributed by atoms with Crippen molar-refractivity contribution in [1.82, 2.24) is 0 Å². The summed E-state index contributed by atoms with van der Waals surface area (Å²) in [5.74, 6) is -0.0340. The number of hydrogen-bond donors (Lipinski definition) is 1. The number of carbonyl (C=O) groups excluding carboxylic acids is 1. The summed E-state index contributed by atoms with van der Waals surface area (Å²) in [4.78, 5) is 13.7. The van der Waals surface area contributed by atoms with Gasteiger partial charge >= 0.3 is 5.97 Å². The molecule has 1 aliphatic rings. The van der Waals surface area contributed by atoms with Gasteiger partial charge in [0.2, 0.25) is 0 Å². The Bertz CT molecular complexity index is 453. The summed E-state index contributed by atoms with van der Waals surface area (Å²) >= 11 is 0. The van der Waals surface area contributed by atoms with Gasteiger partial charge in [-0.05, 0) is 44.5 Å². The van der Waals surface area contributed by atoms with Gasteiger partial charge in [-0.1, -0.05) is 0 Å². The lowest BCUT2D eigenvalue weighted by atomic mass is 9.89. The number of rotatable bonds is 3. The van der Waals surface area contributed by atoms with Crippen molar-refractivity contribution in [2.45, 2.75) is 25.8 Å². The first-order valence-electron chi connectivity index (χ1n) is 6.57. The number of aliphatic hydroxyl groups excluding tert-OH is 1. The minimum absolute atomic E-state index is 0.0679. The second-order valence-corrected chi connectivity index (χ2v) is 5.51. The van der Waals surface area contributed by atoms with Crippen LogP contribution in [0.5, 0.6) is 0 Å². The summed E-state index contributed by atoms with van der Waals surface area (Å²) in [7, 11) is 1.38. The second kappa shape index (κ2) is 5.21. The molecule has 1 aliphatic heterocycles. The highest BCUT2D eigenvalue weighted by atomic mass is 16.5. The Morgan fingerprint density at radius 1 is 1.42 bits per heavy atom. The number of nitrogens with zero attached hydrogens (tertiary/aromatic N) is 1. The predicted molar refractivity (Wildman–Crippen MR) is 74.4 cm³/mol. The number of hydrogen-bond acceptors (Lipinski definition) is 4. The average Bonchev–Trinajstić information content (AvgIpc) is 2.72. The van der Waals surface area contributed by atoms with Crippen LogP contribution in [0, 0.1) is 5.92 Å². The van der Waals surface area contributed by atoms with Crippen LogP contribution in [-0.2, 0) is 4.74 Å². The number of esters is 1. The third kappa shape index (κ3) is 2.45. The maximum atomic E-state index is 11.4. The Kier molecular flexibility index (Phi) is 3.80. The van der Waals surface area contributed by atoms with E-state index in [1.54, 1.807) is 12.1 Å². The summed E-state index contributed by atoms with van der Waals surface area (Å²) in [6.07, 6.45) is 0.988. The third-order valence-corrected chi connectivity index (χ3v) is 4.22.